The molecule has 0 aliphatic carbocycles. The molecular weight excluding hydrogens is 266 g/mol. The SMILES string of the molecule is CCc1n[nH]c(CN2CCCN(c3ncccn3)CC2)n1. The maximum Gasteiger partial charge on any atom is 0.225 e. The van der Waals surface area contributed by atoms with Crippen LogP contribution in [0.3, 0.4) is 0 Å². The lowest BCUT2D eigenvalue weighted by atomic mass is 10.4. The van der Waals surface area contributed by atoms with Crippen molar-refractivity contribution in [3.63, 3.8) is 0 Å². The van der Waals surface area contributed by atoms with Crippen molar-refractivity contribution in [2.45, 2.75) is 26.3 Å². The number of aryl methyl sites for hydroxylation is 1. The van der Waals surface area contributed by atoms with Crippen LogP contribution in [0.25, 0.3) is 0 Å². The van der Waals surface area contributed by atoms with Gasteiger partial charge in [-0.15, -0.1) is 0 Å². The summed E-state index contributed by atoms with van der Waals surface area (Å²) in [6.07, 6.45) is 5.57. The summed E-state index contributed by atoms with van der Waals surface area (Å²) in [5.74, 6) is 2.67. The van der Waals surface area contributed by atoms with E-state index in [-0.39, 0.29) is 0 Å². The molecule has 2 aromatic rings. The number of hydrogen-bond acceptors (Lipinski definition) is 6. The van der Waals surface area contributed by atoms with Gasteiger partial charge in [-0.05, 0) is 12.5 Å². The highest BCUT2D eigenvalue weighted by Gasteiger charge is 2.17. The summed E-state index contributed by atoms with van der Waals surface area (Å²) in [5, 5.41) is 7.22. The summed E-state index contributed by atoms with van der Waals surface area (Å²) < 4.78 is 0. The van der Waals surface area contributed by atoms with Crippen molar-refractivity contribution >= 4 is 5.95 Å². The molecule has 0 bridgehead atoms. The van der Waals surface area contributed by atoms with E-state index in [4.69, 9.17) is 0 Å². The Labute approximate surface area is 124 Å². The zero-order valence-corrected chi connectivity index (χ0v) is 12.4. The van der Waals surface area contributed by atoms with Gasteiger partial charge in [-0.1, -0.05) is 6.92 Å². The first-order valence-corrected chi connectivity index (χ1v) is 7.49. The minimum atomic E-state index is 0.826. The molecule has 1 fully saturated rings. The highest BCUT2D eigenvalue weighted by molar-refractivity contribution is 5.28. The Morgan fingerprint density at radius 1 is 1.14 bits per heavy atom. The van der Waals surface area contributed by atoms with Gasteiger partial charge in [-0.3, -0.25) is 10.00 Å². The Bertz CT molecular complexity index is 553. The third-order valence-corrected chi connectivity index (χ3v) is 3.69. The molecular formula is C14H21N7. The third-order valence-electron chi connectivity index (χ3n) is 3.69. The maximum absolute atomic E-state index is 4.48. The van der Waals surface area contributed by atoms with Crippen LogP contribution < -0.4 is 4.90 Å². The molecule has 7 nitrogen and oxygen atoms in total. The van der Waals surface area contributed by atoms with E-state index in [1.54, 1.807) is 12.4 Å². The number of hydrogen-bond donors (Lipinski definition) is 1. The standard InChI is InChI=1S/C14H21N7/c1-2-12-17-13(19-18-12)11-20-7-4-8-21(10-9-20)14-15-5-3-6-16-14/h3,5-6H,2,4,7-11H2,1H3,(H,17,18,19). The van der Waals surface area contributed by atoms with Crippen molar-refractivity contribution < 1.29 is 0 Å². The quantitative estimate of drug-likeness (QED) is 0.899. The zero-order chi connectivity index (χ0) is 14.5. The molecule has 21 heavy (non-hydrogen) atoms. The summed E-state index contributed by atoms with van der Waals surface area (Å²) in [7, 11) is 0. The number of rotatable bonds is 4. The lowest BCUT2D eigenvalue weighted by Crippen LogP contribution is -2.31. The van der Waals surface area contributed by atoms with Crippen LogP contribution in [0.5, 0.6) is 0 Å². The molecule has 3 heterocycles. The van der Waals surface area contributed by atoms with Crippen molar-refractivity contribution in [3.05, 3.63) is 30.1 Å². The van der Waals surface area contributed by atoms with E-state index in [1.807, 2.05) is 6.07 Å². The van der Waals surface area contributed by atoms with Crippen LogP contribution in [0.4, 0.5) is 5.95 Å². The average molecular weight is 287 g/mol. The summed E-state index contributed by atoms with van der Waals surface area (Å²) in [4.78, 5) is 17.8. The normalized spacial score (nSPS) is 16.9. The number of anilines is 1. The third kappa shape index (κ3) is 3.55. The molecule has 0 spiro atoms. The lowest BCUT2D eigenvalue weighted by Gasteiger charge is -2.21. The molecule has 0 atom stereocenters. The first kappa shape index (κ1) is 13.9. The monoisotopic (exact) mass is 287 g/mol. The minimum Gasteiger partial charge on any atom is -0.339 e. The van der Waals surface area contributed by atoms with Crippen LogP contribution in [0, 0.1) is 0 Å². The zero-order valence-electron chi connectivity index (χ0n) is 12.4. The second-order valence-electron chi connectivity index (χ2n) is 5.22. The lowest BCUT2D eigenvalue weighted by molar-refractivity contribution is 0.278. The summed E-state index contributed by atoms with van der Waals surface area (Å²) in [5.41, 5.74) is 0. The highest BCUT2D eigenvalue weighted by atomic mass is 15.3. The molecule has 0 unspecified atom stereocenters. The summed E-state index contributed by atoms with van der Waals surface area (Å²) >= 11 is 0. The van der Waals surface area contributed by atoms with Crippen molar-refractivity contribution in [2.24, 2.45) is 0 Å². The van der Waals surface area contributed by atoms with Crippen LogP contribution in [0.15, 0.2) is 18.5 Å². The number of aromatic nitrogens is 5. The summed E-state index contributed by atoms with van der Waals surface area (Å²) in [6, 6.07) is 1.85. The smallest absolute Gasteiger partial charge is 0.225 e. The fourth-order valence-electron chi connectivity index (χ4n) is 2.56. The molecule has 0 amide bonds. The van der Waals surface area contributed by atoms with Gasteiger partial charge in [0, 0.05) is 45.0 Å². The Kier molecular flexibility index (Phi) is 4.40. The number of H-pyrrole nitrogens is 1. The molecule has 1 aliphatic rings. The van der Waals surface area contributed by atoms with Gasteiger partial charge in [0.05, 0.1) is 6.54 Å². The summed E-state index contributed by atoms with van der Waals surface area (Å²) in [6.45, 7) is 6.88. The van der Waals surface area contributed by atoms with Crippen LogP contribution in [-0.2, 0) is 13.0 Å². The fourth-order valence-corrected chi connectivity index (χ4v) is 2.56. The molecule has 7 heteroatoms. The average Bonchev–Trinajstić information content (AvgIpc) is 2.85. The maximum atomic E-state index is 4.48. The Morgan fingerprint density at radius 3 is 2.76 bits per heavy atom. The van der Waals surface area contributed by atoms with E-state index in [1.165, 1.54) is 0 Å². The van der Waals surface area contributed by atoms with Gasteiger partial charge in [0.1, 0.15) is 11.6 Å². The Morgan fingerprint density at radius 2 is 2.00 bits per heavy atom. The van der Waals surface area contributed by atoms with Gasteiger partial charge in [0.25, 0.3) is 0 Å². The van der Waals surface area contributed by atoms with E-state index in [0.29, 0.717) is 0 Å². The molecule has 0 aromatic carbocycles. The molecule has 2 aromatic heterocycles. The topological polar surface area (TPSA) is 73.8 Å². The van der Waals surface area contributed by atoms with Crippen molar-refractivity contribution in [3.8, 4) is 0 Å². The predicted molar refractivity (Wildman–Crippen MR) is 79.9 cm³/mol. The first-order chi connectivity index (χ1) is 10.3. The number of nitrogens with zero attached hydrogens (tertiary/aromatic N) is 6. The van der Waals surface area contributed by atoms with Crippen LogP contribution in [0.1, 0.15) is 25.0 Å². The second kappa shape index (κ2) is 6.62. The Balaban J connectivity index is 1.58. The minimum absolute atomic E-state index is 0.826. The number of aromatic amines is 1. The highest BCUT2D eigenvalue weighted by Crippen LogP contribution is 2.11. The molecule has 0 saturated carbocycles. The second-order valence-corrected chi connectivity index (χ2v) is 5.22. The van der Waals surface area contributed by atoms with Crippen LogP contribution in [0.2, 0.25) is 0 Å². The van der Waals surface area contributed by atoms with Gasteiger partial charge in [0.15, 0.2) is 0 Å². The molecule has 1 saturated heterocycles. The molecule has 3 rings (SSSR count). The predicted octanol–water partition coefficient (Wildman–Crippen LogP) is 0.869. The van der Waals surface area contributed by atoms with Gasteiger partial charge in [-0.2, -0.15) is 5.10 Å². The van der Waals surface area contributed by atoms with Gasteiger partial charge >= 0.3 is 0 Å². The molecule has 112 valence electrons. The fraction of sp³-hybridized carbons (Fsp3) is 0.571. The van der Waals surface area contributed by atoms with Gasteiger partial charge < -0.3 is 4.90 Å². The largest absolute Gasteiger partial charge is 0.339 e. The Hall–Kier alpha value is -2.02. The van der Waals surface area contributed by atoms with Crippen LogP contribution >= 0.6 is 0 Å². The number of nitrogens with one attached hydrogen (secondary N) is 1. The first-order valence-electron chi connectivity index (χ1n) is 7.49. The van der Waals surface area contributed by atoms with E-state index in [0.717, 1.165) is 63.2 Å². The van der Waals surface area contributed by atoms with Crippen LogP contribution in [-0.4, -0.2) is 56.2 Å². The van der Waals surface area contributed by atoms with E-state index >= 15 is 0 Å². The van der Waals surface area contributed by atoms with E-state index in [9.17, 15) is 0 Å². The van der Waals surface area contributed by atoms with E-state index in [2.05, 4.69) is 41.9 Å². The molecule has 1 aliphatic heterocycles. The van der Waals surface area contributed by atoms with E-state index < -0.39 is 0 Å². The van der Waals surface area contributed by atoms with Gasteiger partial charge in [0.2, 0.25) is 5.95 Å². The van der Waals surface area contributed by atoms with Gasteiger partial charge in [-0.25, -0.2) is 15.0 Å². The van der Waals surface area contributed by atoms with Crippen molar-refractivity contribution in [1.29, 1.82) is 0 Å². The van der Waals surface area contributed by atoms with Crippen molar-refractivity contribution in [2.75, 3.05) is 31.1 Å². The molecule has 0 radical (unpaired) electrons. The molecule has 1 N–H and O–H groups in total. The van der Waals surface area contributed by atoms with Crippen molar-refractivity contribution in [1.82, 2.24) is 30.0 Å².